The predicted molar refractivity (Wildman–Crippen MR) is 176 cm³/mol. The summed E-state index contributed by atoms with van der Waals surface area (Å²) in [7, 11) is 0. The summed E-state index contributed by atoms with van der Waals surface area (Å²) in [6.07, 6.45) is 5.81. The third kappa shape index (κ3) is 8.23. The fourth-order valence-corrected chi connectivity index (χ4v) is 6.33. The highest BCUT2D eigenvalue weighted by atomic mass is 16.2. The molecule has 3 atom stereocenters. The van der Waals surface area contributed by atoms with E-state index in [9.17, 15) is 14.4 Å². The van der Waals surface area contributed by atoms with Crippen LogP contribution in [-0.2, 0) is 20.8 Å². The second kappa shape index (κ2) is 15.5. The Morgan fingerprint density at radius 1 is 0.886 bits per heavy atom. The molecule has 2 unspecified atom stereocenters. The lowest BCUT2D eigenvalue weighted by Gasteiger charge is -2.31. The molecule has 3 aromatic carbocycles. The van der Waals surface area contributed by atoms with E-state index in [-0.39, 0.29) is 23.6 Å². The first-order chi connectivity index (χ1) is 21.5. The van der Waals surface area contributed by atoms with Gasteiger partial charge in [0.2, 0.25) is 11.8 Å². The normalized spacial score (nSPS) is 17.2. The maximum atomic E-state index is 13.6. The number of rotatable bonds is 14. The van der Waals surface area contributed by atoms with Crippen molar-refractivity contribution in [1.29, 1.82) is 0 Å². The molecule has 1 aliphatic heterocycles. The van der Waals surface area contributed by atoms with Crippen LogP contribution in [0.25, 0.3) is 22.2 Å². The highest BCUT2D eigenvalue weighted by molar-refractivity contribution is 5.92. The number of fused-ring (bicyclic) bond motifs is 1. The van der Waals surface area contributed by atoms with Gasteiger partial charge in [0.25, 0.3) is 0 Å². The van der Waals surface area contributed by atoms with Gasteiger partial charge in [-0.3, -0.25) is 9.59 Å². The lowest BCUT2D eigenvalue weighted by Crippen LogP contribution is -2.54. The largest absolute Gasteiger partial charge is 0.354 e. The van der Waals surface area contributed by atoms with Crippen LogP contribution in [0.15, 0.2) is 84.9 Å². The molecule has 0 spiro atoms. The number of aromatic nitrogens is 1. The quantitative estimate of drug-likeness (QED) is 0.134. The summed E-state index contributed by atoms with van der Waals surface area (Å²) >= 11 is 0. The number of H-pyrrole nitrogens is 1. The Labute approximate surface area is 260 Å². The molecule has 2 amide bonds. The molecule has 0 bridgehead atoms. The highest BCUT2D eigenvalue weighted by Crippen LogP contribution is 2.31. The Kier molecular flexibility index (Phi) is 11.0. The zero-order valence-corrected chi connectivity index (χ0v) is 25.6. The minimum Gasteiger partial charge on any atom is -0.354 e. The van der Waals surface area contributed by atoms with Gasteiger partial charge in [0, 0.05) is 29.6 Å². The molecule has 1 aliphatic rings. The maximum Gasteiger partial charge on any atom is 0.242 e. The zero-order chi connectivity index (χ0) is 30.7. The number of ketones is 1. The van der Waals surface area contributed by atoms with Gasteiger partial charge in [-0.2, -0.15) is 0 Å². The van der Waals surface area contributed by atoms with E-state index in [0.717, 1.165) is 60.0 Å². The van der Waals surface area contributed by atoms with Crippen molar-refractivity contribution in [3.05, 3.63) is 96.1 Å². The summed E-state index contributed by atoms with van der Waals surface area (Å²) in [5.74, 6) is 0.192. The molecule has 44 heavy (non-hydrogen) atoms. The van der Waals surface area contributed by atoms with Crippen LogP contribution in [0, 0.1) is 0 Å². The topological polar surface area (TPSA) is 103 Å². The van der Waals surface area contributed by atoms with Crippen LogP contribution in [0.1, 0.15) is 68.9 Å². The van der Waals surface area contributed by atoms with Gasteiger partial charge in [-0.1, -0.05) is 91.7 Å². The summed E-state index contributed by atoms with van der Waals surface area (Å²) in [6, 6.07) is 27.8. The Hall–Kier alpha value is -4.23. The first-order valence-corrected chi connectivity index (χ1v) is 16.0. The van der Waals surface area contributed by atoms with Crippen LogP contribution in [0.4, 0.5) is 0 Å². The predicted octanol–water partition coefficient (Wildman–Crippen LogP) is 6.05. The molecule has 230 valence electrons. The van der Waals surface area contributed by atoms with Crippen molar-refractivity contribution >= 4 is 28.5 Å². The second-order valence-corrected chi connectivity index (χ2v) is 11.9. The van der Waals surface area contributed by atoms with Gasteiger partial charge in [-0.15, -0.1) is 0 Å². The molecule has 4 aromatic rings. The summed E-state index contributed by atoms with van der Waals surface area (Å²) < 4.78 is 0. The third-order valence-corrected chi connectivity index (χ3v) is 8.70. The third-order valence-electron chi connectivity index (χ3n) is 8.70. The standard InChI is InChI=1S/C37H44N4O3/c1-26(42)13-5-2-10-20-33(41-37(44)34-25-29(21-23-38-34)27-14-6-3-7-15-27)36(43)39-24-22-31-30-18-11-12-19-32(30)40-35(31)28-16-8-4-9-17-28/h3-4,6-9,11-12,14-19,29,33-34,38,40H,2,5,10,13,20-25H2,1H3,(H,39,43)(H,41,44)/t29?,33-,34?/m0/s1. The Morgan fingerprint density at radius 2 is 1.61 bits per heavy atom. The number of carbonyl (C=O) groups excluding carboxylic acids is 3. The number of hydrogen-bond donors (Lipinski definition) is 4. The lowest BCUT2D eigenvalue weighted by molar-refractivity contribution is -0.130. The number of nitrogens with one attached hydrogen (secondary N) is 4. The summed E-state index contributed by atoms with van der Waals surface area (Å²) in [5, 5.41) is 10.7. The Bertz CT molecular complexity index is 1530. The number of piperidine rings is 1. The highest BCUT2D eigenvalue weighted by Gasteiger charge is 2.30. The van der Waals surface area contributed by atoms with E-state index in [1.54, 1.807) is 6.92 Å². The van der Waals surface area contributed by atoms with Gasteiger partial charge < -0.3 is 25.7 Å². The van der Waals surface area contributed by atoms with E-state index >= 15 is 0 Å². The van der Waals surface area contributed by atoms with Crippen molar-refractivity contribution in [3.8, 4) is 11.3 Å². The van der Waals surface area contributed by atoms with E-state index in [0.29, 0.717) is 38.1 Å². The molecular weight excluding hydrogens is 548 g/mol. The van der Waals surface area contributed by atoms with E-state index in [1.165, 1.54) is 5.56 Å². The number of carbonyl (C=O) groups is 3. The molecule has 5 rings (SSSR count). The average Bonchev–Trinajstić information content (AvgIpc) is 3.43. The van der Waals surface area contributed by atoms with Crippen molar-refractivity contribution in [2.24, 2.45) is 0 Å². The van der Waals surface area contributed by atoms with Gasteiger partial charge in [0.1, 0.15) is 11.8 Å². The van der Waals surface area contributed by atoms with E-state index < -0.39 is 6.04 Å². The molecule has 7 heteroatoms. The molecule has 7 nitrogen and oxygen atoms in total. The fraction of sp³-hybridized carbons (Fsp3) is 0.378. The molecule has 4 N–H and O–H groups in total. The van der Waals surface area contributed by atoms with E-state index in [4.69, 9.17) is 0 Å². The number of aromatic amines is 1. The van der Waals surface area contributed by atoms with Gasteiger partial charge in [0.15, 0.2) is 0 Å². The van der Waals surface area contributed by atoms with Crippen LogP contribution < -0.4 is 16.0 Å². The van der Waals surface area contributed by atoms with Crippen LogP contribution >= 0.6 is 0 Å². The molecule has 1 saturated heterocycles. The van der Waals surface area contributed by atoms with Crippen LogP contribution in [0.3, 0.4) is 0 Å². The maximum absolute atomic E-state index is 13.6. The van der Waals surface area contributed by atoms with E-state index in [2.05, 4.69) is 57.3 Å². The van der Waals surface area contributed by atoms with Gasteiger partial charge in [-0.05, 0) is 74.2 Å². The van der Waals surface area contributed by atoms with E-state index in [1.807, 2.05) is 48.5 Å². The number of hydrogen-bond acceptors (Lipinski definition) is 4. The van der Waals surface area contributed by atoms with Crippen molar-refractivity contribution in [2.75, 3.05) is 13.1 Å². The molecule has 0 aliphatic carbocycles. The van der Waals surface area contributed by atoms with Crippen molar-refractivity contribution in [3.63, 3.8) is 0 Å². The number of unbranched alkanes of at least 4 members (excludes halogenated alkanes) is 2. The van der Waals surface area contributed by atoms with Crippen LogP contribution in [0.5, 0.6) is 0 Å². The van der Waals surface area contributed by atoms with Crippen molar-refractivity contribution < 1.29 is 14.4 Å². The minimum atomic E-state index is -0.629. The van der Waals surface area contributed by atoms with Crippen LogP contribution in [-0.4, -0.2) is 47.8 Å². The fourth-order valence-electron chi connectivity index (χ4n) is 6.33. The molecule has 2 heterocycles. The number of benzene rings is 3. The Balaban J connectivity index is 1.24. The molecule has 0 saturated carbocycles. The summed E-state index contributed by atoms with van der Waals surface area (Å²) in [5.41, 5.74) is 5.65. The molecule has 0 radical (unpaired) electrons. The first kappa shape index (κ1) is 31.2. The van der Waals surface area contributed by atoms with Crippen LogP contribution in [0.2, 0.25) is 0 Å². The molecule has 1 aromatic heterocycles. The summed E-state index contributed by atoms with van der Waals surface area (Å²) in [4.78, 5) is 42.0. The molecule has 1 fully saturated rings. The minimum absolute atomic E-state index is 0.127. The Morgan fingerprint density at radius 3 is 2.39 bits per heavy atom. The van der Waals surface area contributed by atoms with Gasteiger partial charge in [0.05, 0.1) is 6.04 Å². The van der Waals surface area contributed by atoms with Crippen molar-refractivity contribution in [1.82, 2.24) is 20.9 Å². The number of Topliss-reactive ketones (excluding diaryl/α,β-unsaturated/α-hetero) is 1. The van der Waals surface area contributed by atoms with Gasteiger partial charge in [-0.25, -0.2) is 0 Å². The van der Waals surface area contributed by atoms with Gasteiger partial charge >= 0.3 is 0 Å². The van der Waals surface area contributed by atoms with Crippen molar-refractivity contribution in [2.45, 2.75) is 76.3 Å². The lowest BCUT2D eigenvalue weighted by atomic mass is 9.86. The molecular formula is C37H44N4O3. The number of amides is 2. The SMILES string of the molecule is CC(=O)CCCCC[C@H](NC(=O)C1CC(c2ccccc2)CCN1)C(=O)NCCc1c(-c2ccccc2)[nH]c2ccccc12. The second-order valence-electron chi connectivity index (χ2n) is 11.9. The number of para-hydroxylation sites is 1. The first-order valence-electron chi connectivity index (χ1n) is 16.0. The zero-order valence-electron chi connectivity index (χ0n) is 25.6. The average molecular weight is 593 g/mol. The summed E-state index contributed by atoms with van der Waals surface area (Å²) in [6.45, 7) is 2.82. The monoisotopic (exact) mass is 592 g/mol. The smallest absolute Gasteiger partial charge is 0.242 e.